The van der Waals surface area contributed by atoms with Gasteiger partial charge in [0.1, 0.15) is 6.04 Å². The quantitative estimate of drug-likeness (QED) is 0.571. The third kappa shape index (κ3) is 4.42. The molecule has 32 heavy (non-hydrogen) atoms. The number of benzene rings is 2. The number of nitrogens with one attached hydrogen (secondary N) is 1. The summed E-state index contributed by atoms with van der Waals surface area (Å²) in [6.07, 6.45) is -4.90. The Kier molecular flexibility index (Phi) is 6.20. The maximum atomic E-state index is 13.6. The Hall–Kier alpha value is -3.49. The zero-order valence-corrected chi connectivity index (χ0v) is 18.0. The lowest BCUT2D eigenvalue weighted by atomic mass is 10.1. The lowest BCUT2D eigenvalue weighted by molar-refractivity contribution is -0.142. The number of hydrogen-bond donors (Lipinski definition) is 1. The van der Waals surface area contributed by atoms with E-state index in [1.54, 1.807) is 26.8 Å². The predicted octanol–water partition coefficient (Wildman–Crippen LogP) is 4.82. The molecule has 1 amide bonds. The van der Waals surface area contributed by atoms with Crippen molar-refractivity contribution in [2.45, 2.75) is 46.3 Å². The molecule has 0 spiro atoms. The van der Waals surface area contributed by atoms with Crippen molar-refractivity contribution in [2.24, 2.45) is 0 Å². The van der Waals surface area contributed by atoms with Crippen LogP contribution >= 0.6 is 0 Å². The third-order valence-electron chi connectivity index (χ3n) is 5.33. The van der Waals surface area contributed by atoms with Gasteiger partial charge < -0.3 is 5.32 Å². The van der Waals surface area contributed by atoms with E-state index in [4.69, 9.17) is 0 Å². The Morgan fingerprint density at radius 3 is 2.22 bits per heavy atom. The normalized spacial score (nSPS) is 12.6. The Morgan fingerprint density at radius 1 is 1.09 bits per heavy atom. The second-order valence-electron chi connectivity index (χ2n) is 7.61. The summed E-state index contributed by atoms with van der Waals surface area (Å²) in [5.74, 6) is -0.793. The standard InChI is InChI=1S/C23H22F3N3O3/c1-5-18(21(31)27-16-8-6-15(7-9-16)14(4)30)29-19-11-13(3)12(2)10-17(19)28-20(22(29)32)23(24,25)26/h6-11,18H,5H2,1-4H3,(H,27,31). The molecule has 1 atom stereocenters. The molecule has 0 aliphatic rings. The number of hydrogen-bond acceptors (Lipinski definition) is 4. The number of anilines is 1. The monoisotopic (exact) mass is 445 g/mol. The lowest BCUT2D eigenvalue weighted by Gasteiger charge is -2.22. The van der Waals surface area contributed by atoms with Crippen LogP contribution in [0.4, 0.5) is 18.9 Å². The highest BCUT2D eigenvalue weighted by Gasteiger charge is 2.38. The summed E-state index contributed by atoms with van der Waals surface area (Å²) in [4.78, 5) is 40.9. The van der Waals surface area contributed by atoms with E-state index in [2.05, 4.69) is 10.3 Å². The lowest BCUT2D eigenvalue weighted by Crippen LogP contribution is -2.37. The van der Waals surface area contributed by atoms with Gasteiger partial charge in [-0.15, -0.1) is 0 Å². The largest absolute Gasteiger partial charge is 0.438 e. The summed E-state index contributed by atoms with van der Waals surface area (Å²) in [6.45, 7) is 6.51. The molecule has 1 N–H and O–H groups in total. The Labute approximate surface area is 182 Å². The zero-order chi connectivity index (χ0) is 23.8. The van der Waals surface area contributed by atoms with Crippen molar-refractivity contribution in [2.75, 3.05) is 5.32 Å². The minimum Gasteiger partial charge on any atom is -0.324 e. The van der Waals surface area contributed by atoms with Crippen LogP contribution in [0.15, 0.2) is 41.2 Å². The van der Waals surface area contributed by atoms with Gasteiger partial charge in [-0.25, -0.2) is 4.98 Å². The van der Waals surface area contributed by atoms with Gasteiger partial charge in [0.15, 0.2) is 5.78 Å². The molecule has 9 heteroatoms. The summed E-state index contributed by atoms with van der Waals surface area (Å²) < 4.78 is 41.5. The topological polar surface area (TPSA) is 81.1 Å². The molecule has 0 aliphatic carbocycles. The van der Waals surface area contributed by atoms with Crippen molar-refractivity contribution in [1.29, 1.82) is 0 Å². The summed E-state index contributed by atoms with van der Waals surface area (Å²) >= 11 is 0. The highest BCUT2D eigenvalue weighted by Crippen LogP contribution is 2.29. The van der Waals surface area contributed by atoms with E-state index in [9.17, 15) is 27.6 Å². The van der Waals surface area contributed by atoms with Gasteiger partial charge >= 0.3 is 6.18 Å². The second-order valence-corrected chi connectivity index (χ2v) is 7.61. The molecule has 168 valence electrons. The van der Waals surface area contributed by atoms with Crippen LogP contribution in [0.25, 0.3) is 11.0 Å². The summed E-state index contributed by atoms with van der Waals surface area (Å²) in [7, 11) is 0. The number of amides is 1. The number of Topliss-reactive ketones (excluding diaryl/α,β-unsaturated/α-hetero) is 1. The number of ketones is 1. The van der Waals surface area contributed by atoms with Crippen LogP contribution in [0.2, 0.25) is 0 Å². The molecule has 2 aromatic carbocycles. The van der Waals surface area contributed by atoms with Crippen LogP contribution in [-0.4, -0.2) is 21.2 Å². The molecule has 0 aliphatic heterocycles. The van der Waals surface area contributed by atoms with Gasteiger partial charge in [-0.05, 0) is 74.7 Å². The molecular formula is C23H22F3N3O3. The highest BCUT2D eigenvalue weighted by atomic mass is 19.4. The number of carbonyl (C=O) groups is 2. The first-order valence-electron chi connectivity index (χ1n) is 9.96. The summed E-state index contributed by atoms with van der Waals surface area (Å²) in [5, 5.41) is 2.62. The number of fused-ring (bicyclic) bond motifs is 1. The fraction of sp³-hybridized carbons (Fsp3) is 0.304. The first-order chi connectivity index (χ1) is 14.9. The molecule has 0 bridgehead atoms. The van der Waals surface area contributed by atoms with Crippen molar-refractivity contribution in [1.82, 2.24) is 9.55 Å². The van der Waals surface area contributed by atoms with E-state index < -0.39 is 29.4 Å². The minimum absolute atomic E-state index is 0.0166. The fourth-order valence-electron chi connectivity index (χ4n) is 3.45. The average Bonchev–Trinajstić information content (AvgIpc) is 2.71. The molecule has 0 saturated carbocycles. The molecule has 0 radical (unpaired) electrons. The van der Waals surface area contributed by atoms with Crippen molar-refractivity contribution < 1.29 is 22.8 Å². The van der Waals surface area contributed by atoms with E-state index in [1.165, 1.54) is 37.3 Å². The smallest absolute Gasteiger partial charge is 0.324 e. The molecule has 3 rings (SSSR count). The van der Waals surface area contributed by atoms with E-state index in [-0.39, 0.29) is 23.2 Å². The van der Waals surface area contributed by atoms with Gasteiger partial charge in [-0.1, -0.05) is 6.92 Å². The second kappa shape index (κ2) is 8.57. The SMILES string of the molecule is CCC(C(=O)Nc1ccc(C(C)=O)cc1)n1c(=O)c(C(F)(F)F)nc2cc(C)c(C)cc21. The molecule has 1 heterocycles. The van der Waals surface area contributed by atoms with Gasteiger partial charge in [-0.3, -0.25) is 19.0 Å². The van der Waals surface area contributed by atoms with E-state index in [0.717, 1.165) is 10.1 Å². The van der Waals surface area contributed by atoms with Gasteiger partial charge in [0.25, 0.3) is 5.56 Å². The Balaban J connectivity index is 2.14. The molecule has 3 aromatic rings. The number of nitrogens with zero attached hydrogens (tertiary/aromatic N) is 2. The molecule has 0 saturated heterocycles. The molecular weight excluding hydrogens is 423 g/mol. The van der Waals surface area contributed by atoms with Crippen LogP contribution in [0, 0.1) is 13.8 Å². The van der Waals surface area contributed by atoms with E-state index in [1.807, 2.05) is 0 Å². The van der Waals surface area contributed by atoms with Gasteiger partial charge in [0.05, 0.1) is 11.0 Å². The number of carbonyl (C=O) groups excluding carboxylic acids is 2. The van der Waals surface area contributed by atoms with Crippen LogP contribution < -0.4 is 10.9 Å². The van der Waals surface area contributed by atoms with Gasteiger partial charge in [-0.2, -0.15) is 13.2 Å². The van der Waals surface area contributed by atoms with Crippen LogP contribution in [0.3, 0.4) is 0 Å². The number of alkyl halides is 3. The van der Waals surface area contributed by atoms with Crippen LogP contribution in [0.5, 0.6) is 0 Å². The predicted molar refractivity (Wildman–Crippen MR) is 115 cm³/mol. The number of rotatable bonds is 5. The number of halogens is 3. The third-order valence-corrected chi connectivity index (χ3v) is 5.33. The maximum absolute atomic E-state index is 13.6. The summed E-state index contributed by atoms with van der Waals surface area (Å²) in [6, 6.07) is 7.93. The molecule has 6 nitrogen and oxygen atoms in total. The Morgan fingerprint density at radius 2 is 1.69 bits per heavy atom. The van der Waals surface area contributed by atoms with Gasteiger partial charge in [0, 0.05) is 11.3 Å². The average molecular weight is 445 g/mol. The number of aromatic nitrogens is 2. The van der Waals surface area contributed by atoms with Crippen molar-refractivity contribution in [3.8, 4) is 0 Å². The summed E-state index contributed by atoms with van der Waals surface area (Å²) in [5.41, 5.74) is -0.529. The van der Waals surface area contributed by atoms with Crippen LogP contribution in [-0.2, 0) is 11.0 Å². The maximum Gasteiger partial charge on any atom is 0.438 e. The van der Waals surface area contributed by atoms with Crippen molar-refractivity contribution in [3.05, 3.63) is 69.1 Å². The van der Waals surface area contributed by atoms with Gasteiger partial charge in [0.2, 0.25) is 11.6 Å². The van der Waals surface area contributed by atoms with Crippen molar-refractivity contribution in [3.63, 3.8) is 0 Å². The Bertz CT molecular complexity index is 1260. The van der Waals surface area contributed by atoms with E-state index >= 15 is 0 Å². The first-order valence-corrected chi connectivity index (χ1v) is 9.96. The zero-order valence-electron chi connectivity index (χ0n) is 18.0. The molecule has 0 fully saturated rings. The molecule has 1 unspecified atom stereocenters. The molecule has 1 aromatic heterocycles. The van der Waals surface area contributed by atoms with Crippen molar-refractivity contribution >= 4 is 28.4 Å². The number of aryl methyl sites for hydroxylation is 2. The minimum atomic E-state index is -4.97. The highest BCUT2D eigenvalue weighted by molar-refractivity contribution is 5.97. The van der Waals surface area contributed by atoms with E-state index in [0.29, 0.717) is 16.8 Å². The van der Waals surface area contributed by atoms with Crippen LogP contribution in [0.1, 0.15) is 53.5 Å². The first kappa shape index (κ1) is 23.2. The fourth-order valence-corrected chi connectivity index (χ4v) is 3.45.